The quantitative estimate of drug-likeness (QED) is 0.359. The highest BCUT2D eigenvalue weighted by Crippen LogP contribution is 2.45. The number of piperidine rings is 1. The topological polar surface area (TPSA) is 71.5 Å². The summed E-state index contributed by atoms with van der Waals surface area (Å²) in [5, 5.41) is 11.5. The van der Waals surface area contributed by atoms with Crippen LogP contribution < -0.4 is 9.47 Å². The van der Waals surface area contributed by atoms with Crippen molar-refractivity contribution in [3.05, 3.63) is 56.5 Å². The fraction of sp³-hybridized carbons (Fsp3) is 0.536. The van der Waals surface area contributed by atoms with Gasteiger partial charge in [0.2, 0.25) is 6.79 Å². The standard InChI is InChI=1S/C28H36Br2N2O5/c1-18(19-12-21(29)15-22(30)13-19)31(5)25(33)16-28(20-6-7-23-24(14-20)36-17-35-23)8-10-32(11-9-28)26(34)37-27(2,3)4/h6-7,12-15,18,25,33H,8-11,16-17H2,1-5H3. The summed E-state index contributed by atoms with van der Waals surface area (Å²) < 4.78 is 18.8. The molecule has 2 heterocycles. The Bertz CT molecular complexity index is 1110. The number of amides is 1. The molecule has 1 fully saturated rings. The van der Waals surface area contributed by atoms with E-state index in [-0.39, 0.29) is 24.3 Å². The molecule has 0 spiro atoms. The minimum atomic E-state index is -0.703. The summed E-state index contributed by atoms with van der Waals surface area (Å²) in [5.41, 5.74) is 1.30. The van der Waals surface area contributed by atoms with Crippen LogP contribution in [0.4, 0.5) is 4.79 Å². The molecule has 0 saturated carbocycles. The van der Waals surface area contributed by atoms with Gasteiger partial charge in [0.25, 0.3) is 0 Å². The highest BCUT2D eigenvalue weighted by atomic mass is 79.9. The van der Waals surface area contributed by atoms with Gasteiger partial charge in [0.1, 0.15) is 11.8 Å². The molecule has 2 atom stereocenters. The minimum absolute atomic E-state index is 0.0144. The first-order chi connectivity index (χ1) is 17.4. The maximum Gasteiger partial charge on any atom is 0.410 e. The van der Waals surface area contributed by atoms with Crippen LogP contribution >= 0.6 is 31.9 Å². The highest BCUT2D eigenvalue weighted by molar-refractivity contribution is 9.11. The molecular weight excluding hydrogens is 604 g/mol. The maximum atomic E-state index is 12.7. The van der Waals surface area contributed by atoms with Gasteiger partial charge >= 0.3 is 6.09 Å². The van der Waals surface area contributed by atoms with Crippen LogP contribution in [0.2, 0.25) is 0 Å². The number of halogens is 2. The normalized spacial score (nSPS) is 18.6. The summed E-state index contributed by atoms with van der Waals surface area (Å²) in [6.45, 7) is 9.04. The van der Waals surface area contributed by atoms with Crippen molar-refractivity contribution in [2.75, 3.05) is 26.9 Å². The van der Waals surface area contributed by atoms with E-state index in [1.165, 1.54) is 0 Å². The summed E-state index contributed by atoms with van der Waals surface area (Å²) in [7, 11) is 1.95. The van der Waals surface area contributed by atoms with Crippen LogP contribution in [-0.4, -0.2) is 59.8 Å². The smallest absolute Gasteiger partial charge is 0.410 e. The van der Waals surface area contributed by atoms with Gasteiger partial charge in [-0.05, 0) is 95.5 Å². The SMILES string of the molecule is CC(c1cc(Br)cc(Br)c1)N(C)C(O)CC1(c2ccc3c(c2)OCO3)CCN(C(=O)OC(C)(C)C)CC1. The van der Waals surface area contributed by atoms with Crippen LogP contribution in [0.5, 0.6) is 11.5 Å². The van der Waals surface area contributed by atoms with Crippen molar-refractivity contribution in [3.8, 4) is 11.5 Å². The first-order valence-corrected chi connectivity index (χ1v) is 14.2. The van der Waals surface area contributed by atoms with Gasteiger partial charge in [-0.3, -0.25) is 4.90 Å². The summed E-state index contributed by atoms with van der Waals surface area (Å²) in [5.74, 6) is 1.46. The predicted octanol–water partition coefficient (Wildman–Crippen LogP) is 6.61. The Hall–Kier alpha value is -1.81. The molecule has 2 aliphatic heterocycles. The van der Waals surface area contributed by atoms with E-state index in [1.54, 1.807) is 4.90 Å². The van der Waals surface area contributed by atoms with Crippen LogP contribution in [0.15, 0.2) is 45.3 Å². The Morgan fingerprint density at radius 2 is 1.73 bits per heavy atom. The zero-order valence-electron chi connectivity index (χ0n) is 22.1. The van der Waals surface area contributed by atoms with Gasteiger partial charge in [0.05, 0.1) is 0 Å². The van der Waals surface area contributed by atoms with Gasteiger partial charge in [-0.25, -0.2) is 4.79 Å². The number of hydrogen-bond acceptors (Lipinski definition) is 6. The van der Waals surface area contributed by atoms with Crippen LogP contribution in [0.25, 0.3) is 0 Å². The number of nitrogens with zero attached hydrogens (tertiary/aromatic N) is 2. The fourth-order valence-corrected chi connectivity index (χ4v) is 6.41. The maximum absolute atomic E-state index is 12.7. The molecule has 2 unspecified atom stereocenters. The third-order valence-corrected chi connectivity index (χ3v) is 8.29. The molecule has 7 nitrogen and oxygen atoms in total. The van der Waals surface area contributed by atoms with E-state index in [9.17, 15) is 9.90 Å². The van der Waals surface area contributed by atoms with Gasteiger partial charge in [-0.2, -0.15) is 0 Å². The van der Waals surface area contributed by atoms with Crippen molar-refractivity contribution in [2.45, 2.75) is 70.2 Å². The molecule has 1 amide bonds. The Morgan fingerprint density at radius 3 is 2.35 bits per heavy atom. The Labute approximate surface area is 236 Å². The molecule has 0 radical (unpaired) electrons. The van der Waals surface area contributed by atoms with E-state index >= 15 is 0 Å². The number of likely N-dealkylation sites (tertiary alicyclic amines) is 1. The Kier molecular flexibility index (Phi) is 8.48. The van der Waals surface area contributed by atoms with Gasteiger partial charge in [-0.1, -0.05) is 37.9 Å². The summed E-state index contributed by atoms with van der Waals surface area (Å²) in [6.07, 6.45) is 0.927. The average Bonchev–Trinajstić information content (AvgIpc) is 3.30. The lowest BCUT2D eigenvalue weighted by molar-refractivity contribution is -0.0349. The molecule has 2 aliphatic rings. The van der Waals surface area contributed by atoms with Crippen LogP contribution in [-0.2, 0) is 10.2 Å². The van der Waals surface area contributed by atoms with Crippen molar-refractivity contribution in [2.24, 2.45) is 0 Å². The molecule has 37 heavy (non-hydrogen) atoms. The number of hydrogen-bond donors (Lipinski definition) is 1. The van der Waals surface area contributed by atoms with Gasteiger partial charge in [0, 0.05) is 33.5 Å². The average molecular weight is 640 g/mol. The lowest BCUT2D eigenvalue weighted by Crippen LogP contribution is -2.49. The lowest BCUT2D eigenvalue weighted by atomic mass is 9.69. The van der Waals surface area contributed by atoms with Crippen molar-refractivity contribution in [1.29, 1.82) is 0 Å². The molecule has 0 aromatic heterocycles. The molecule has 4 rings (SSSR count). The number of benzene rings is 2. The zero-order valence-corrected chi connectivity index (χ0v) is 25.3. The van der Waals surface area contributed by atoms with Gasteiger partial charge in [0.15, 0.2) is 11.5 Å². The summed E-state index contributed by atoms with van der Waals surface area (Å²) >= 11 is 7.14. The molecule has 0 aliphatic carbocycles. The van der Waals surface area contributed by atoms with E-state index in [2.05, 4.69) is 57.0 Å². The van der Waals surface area contributed by atoms with Crippen molar-refractivity contribution in [3.63, 3.8) is 0 Å². The molecule has 0 bridgehead atoms. The largest absolute Gasteiger partial charge is 0.454 e. The number of fused-ring (bicyclic) bond motifs is 1. The minimum Gasteiger partial charge on any atom is -0.454 e. The lowest BCUT2D eigenvalue weighted by Gasteiger charge is -2.45. The molecule has 1 saturated heterocycles. The third kappa shape index (κ3) is 6.61. The number of ether oxygens (including phenoxy) is 3. The van der Waals surface area contributed by atoms with Crippen molar-refractivity contribution >= 4 is 38.0 Å². The van der Waals surface area contributed by atoms with Crippen molar-refractivity contribution < 1.29 is 24.1 Å². The third-order valence-electron chi connectivity index (χ3n) is 7.38. The van der Waals surface area contributed by atoms with Crippen LogP contribution in [0, 0.1) is 0 Å². The Morgan fingerprint density at radius 1 is 1.11 bits per heavy atom. The van der Waals surface area contributed by atoms with E-state index in [0.717, 1.165) is 31.6 Å². The summed E-state index contributed by atoms with van der Waals surface area (Å²) in [6, 6.07) is 12.2. The second kappa shape index (κ2) is 11.1. The molecule has 202 valence electrons. The van der Waals surface area contributed by atoms with E-state index in [4.69, 9.17) is 14.2 Å². The number of carbonyl (C=O) groups excluding carboxylic acids is 1. The molecule has 2 aromatic carbocycles. The second-order valence-electron chi connectivity index (χ2n) is 11.0. The van der Waals surface area contributed by atoms with Crippen molar-refractivity contribution in [1.82, 2.24) is 9.80 Å². The van der Waals surface area contributed by atoms with Crippen LogP contribution in [0.3, 0.4) is 0 Å². The number of rotatable bonds is 6. The first-order valence-electron chi connectivity index (χ1n) is 12.6. The van der Waals surface area contributed by atoms with Gasteiger partial charge < -0.3 is 24.2 Å². The Balaban J connectivity index is 1.56. The molecule has 9 heteroatoms. The highest BCUT2D eigenvalue weighted by Gasteiger charge is 2.41. The number of carbonyl (C=O) groups is 1. The number of aliphatic hydroxyl groups is 1. The van der Waals surface area contributed by atoms with E-state index in [1.807, 2.05) is 50.9 Å². The molecular formula is C28H36Br2N2O5. The van der Waals surface area contributed by atoms with Gasteiger partial charge in [-0.15, -0.1) is 0 Å². The van der Waals surface area contributed by atoms with Crippen LogP contribution in [0.1, 0.15) is 64.1 Å². The van der Waals surface area contributed by atoms with E-state index < -0.39 is 11.8 Å². The van der Waals surface area contributed by atoms with E-state index in [0.29, 0.717) is 32.4 Å². The molecule has 2 aromatic rings. The predicted molar refractivity (Wildman–Crippen MR) is 150 cm³/mol. The number of aliphatic hydroxyl groups excluding tert-OH is 1. The fourth-order valence-electron chi connectivity index (χ4n) is 5.08. The first kappa shape index (κ1) is 28.2. The second-order valence-corrected chi connectivity index (χ2v) is 12.9. The molecule has 1 N–H and O–H groups in total. The zero-order chi connectivity index (χ0) is 27.0. The summed E-state index contributed by atoms with van der Waals surface area (Å²) in [4.78, 5) is 16.5. The monoisotopic (exact) mass is 638 g/mol.